The van der Waals surface area contributed by atoms with Gasteiger partial charge in [0.05, 0.1) is 11.1 Å². The van der Waals surface area contributed by atoms with E-state index in [0.717, 1.165) is 37.7 Å². The highest BCUT2D eigenvalue weighted by molar-refractivity contribution is 5.57. The molecule has 0 bridgehead atoms. The van der Waals surface area contributed by atoms with E-state index in [1.54, 1.807) is 6.20 Å². The van der Waals surface area contributed by atoms with Crippen molar-refractivity contribution in [3.63, 3.8) is 0 Å². The van der Waals surface area contributed by atoms with Crippen molar-refractivity contribution in [1.29, 1.82) is 0 Å². The Labute approximate surface area is 144 Å². The Balaban J connectivity index is 1.60. The second-order valence-corrected chi connectivity index (χ2v) is 6.70. The van der Waals surface area contributed by atoms with Gasteiger partial charge in [0, 0.05) is 18.4 Å². The molecule has 0 unspecified atom stereocenters. The summed E-state index contributed by atoms with van der Waals surface area (Å²) in [7, 11) is 0. The zero-order chi connectivity index (χ0) is 17.3. The van der Waals surface area contributed by atoms with Gasteiger partial charge < -0.3 is 9.47 Å². The van der Waals surface area contributed by atoms with Gasteiger partial charge in [-0.05, 0) is 12.8 Å². The number of ether oxygens (including phenoxy) is 2. The first kappa shape index (κ1) is 16.2. The van der Waals surface area contributed by atoms with Crippen molar-refractivity contribution >= 4 is 0 Å². The van der Waals surface area contributed by atoms with E-state index in [1.165, 1.54) is 4.68 Å². The molecule has 1 aliphatic heterocycles. The van der Waals surface area contributed by atoms with E-state index < -0.39 is 11.4 Å². The molecule has 2 heterocycles. The topological polar surface area (TPSA) is 92.3 Å². The Morgan fingerprint density at radius 1 is 1.08 bits per heavy atom. The summed E-state index contributed by atoms with van der Waals surface area (Å²) in [5.74, 6) is -0.666. The highest BCUT2D eigenvalue weighted by Gasteiger charge is 2.55. The van der Waals surface area contributed by atoms with Gasteiger partial charge in [-0.2, -0.15) is 4.68 Å². The van der Waals surface area contributed by atoms with Crippen LogP contribution in [-0.4, -0.2) is 38.9 Å². The minimum absolute atomic E-state index is 0.0718. The molecule has 0 radical (unpaired) electrons. The van der Waals surface area contributed by atoms with Crippen LogP contribution < -0.4 is 0 Å². The molecular weight excluding hydrogens is 324 g/mol. The second-order valence-electron chi connectivity index (χ2n) is 6.70. The molecule has 0 N–H and O–H groups in total. The first-order chi connectivity index (χ1) is 12.1. The van der Waals surface area contributed by atoms with E-state index in [2.05, 4.69) is 10.3 Å². The fourth-order valence-corrected chi connectivity index (χ4v) is 3.49. The number of hydrogen-bond donors (Lipinski definition) is 0. The molecule has 1 aromatic carbocycles. The van der Waals surface area contributed by atoms with E-state index >= 15 is 0 Å². The number of benzene rings is 1. The molecule has 132 valence electrons. The van der Waals surface area contributed by atoms with Crippen molar-refractivity contribution in [3.8, 4) is 11.3 Å². The van der Waals surface area contributed by atoms with Crippen molar-refractivity contribution in [2.75, 3.05) is 13.2 Å². The van der Waals surface area contributed by atoms with Gasteiger partial charge in [0.2, 0.25) is 0 Å². The molecule has 2 aliphatic rings. The maximum absolute atomic E-state index is 11.9. The van der Waals surface area contributed by atoms with Crippen LogP contribution in [0.3, 0.4) is 0 Å². The van der Waals surface area contributed by atoms with Gasteiger partial charge in [-0.3, -0.25) is 10.1 Å². The van der Waals surface area contributed by atoms with Gasteiger partial charge in [-0.25, -0.2) is 0 Å². The Morgan fingerprint density at radius 3 is 2.40 bits per heavy atom. The third-order valence-corrected chi connectivity index (χ3v) is 5.08. The summed E-state index contributed by atoms with van der Waals surface area (Å²) >= 11 is 0. The molecule has 4 rings (SSSR count). The average Bonchev–Trinajstić information content (AvgIpc) is 3.14. The Kier molecular flexibility index (Phi) is 4.01. The molecule has 2 aromatic rings. The number of hydrogen-bond acceptors (Lipinski definition) is 6. The van der Waals surface area contributed by atoms with Crippen molar-refractivity contribution in [1.82, 2.24) is 15.0 Å². The molecule has 1 saturated heterocycles. The molecule has 2 fully saturated rings. The van der Waals surface area contributed by atoms with Gasteiger partial charge in [0.15, 0.2) is 5.79 Å². The second kappa shape index (κ2) is 6.20. The summed E-state index contributed by atoms with van der Waals surface area (Å²) in [6.45, 7) is -0.144. The zero-order valence-electron chi connectivity index (χ0n) is 13.8. The van der Waals surface area contributed by atoms with Crippen molar-refractivity contribution in [2.45, 2.75) is 43.6 Å². The molecule has 0 atom stereocenters. The van der Waals surface area contributed by atoms with Crippen LogP contribution in [-0.2, 0) is 15.1 Å². The summed E-state index contributed by atoms with van der Waals surface area (Å²) in [6, 6.07) is 9.45. The molecule has 0 amide bonds. The summed E-state index contributed by atoms with van der Waals surface area (Å²) < 4.78 is 13.1. The van der Waals surface area contributed by atoms with Crippen LogP contribution in [0.4, 0.5) is 0 Å². The summed E-state index contributed by atoms with van der Waals surface area (Å²) in [6.07, 6.45) is 6.35. The molecular formula is C17H20N4O4. The van der Waals surface area contributed by atoms with Crippen LogP contribution in [0.25, 0.3) is 11.3 Å². The highest BCUT2D eigenvalue weighted by atomic mass is 16.7. The van der Waals surface area contributed by atoms with E-state index in [9.17, 15) is 10.1 Å². The first-order valence-electron chi connectivity index (χ1n) is 8.54. The average molecular weight is 344 g/mol. The monoisotopic (exact) mass is 344 g/mol. The van der Waals surface area contributed by atoms with Gasteiger partial charge in [-0.1, -0.05) is 42.0 Å². The molecule has 25 heavy (non-hydrogen) atoms. The minimum atomic E-state index is -1.58. The Morgan fingerprint density at radius 2 is 1.76 bits per heavy atom. The first-order valence-corrected chi connectivity index (χ1v) is 8.54. The van der Waals surface area contributed by atoms with E-state index in [1.807, 2.05) is 30.3 Å². The van der Waals surface area contributed by atoms with Crippen molar-refractivity contribution in [2.24, 2.45) is 0 Å². The lowest BCUT2D eigenvalue weighted by Crippen LogP contribution is -2.59. The molecule has 1 aromatic heterocycles. The molecule has 8 heteroatoms. The molecule has 1 spiro atoms. The SMILES string of the molecule is O=[N+]([O-])C1(n2cc(-c3ccccc3)nn2)COC2(CCCCC2)OC1. The van der Waals surface area contributed by atoms with Crippen LogP contribution in [0.2, 0.25) is 0 Å². The van der Waals surface area contributed by atoms with Crippen LogP contribution in [0, 0.1) is 10.1 Å². The van der Waals surface area contributed by atoms with Crippen LogP contribution >= 0.6 is 0 Å². The molecule has 8 nitrogen and oxygen atoms in total. The third-order valence-electron chi connectivity index (χ3n) is 5.08. The van der Waals surface area contributed by atoms with E-state index in [0.29, 0.717) is 5.69 Å². The maximum atomic E-state index is 11.9. The Hall–Kier alpha value is -2.32. The fourth-order valence-electron chi connectivity index (χ4n) is 3.49. The number of nitro groups is 1. The fraction of sp³-hybridized carbons (Fsp3) is 0.529. The smallest absolute Gasteiger partial charge is 0.340 e. The van der Waals surface area contributed by atoms with E-state index in [4.69, 9.17) is 9.47 Å². The quantitative estimate of drug-likeness (QED) is 0.628. The van der Waals surface area contributed by atoms with Gasteiger partial charge >= 0.3 is 5.66 Å². The van der Waals surface area contributed by atoms with Crippen LogP contribution in [0.1, 0.15) is 32.1 Å². The predicted octanol–water partition coefficient (Wildman–Crippen LogP) is 2.58. The lowest BCUT2D eigenvalue weighted by Gasteiger charge is -2.43. The number of nitrogens with zero attached hydrogens (tertiary/aromatic N) is 4. The largest absolute Gasteiger partial charge is 0.361 e. The molecule has 1 aliphatic carbocycles. The summed E-state index contributed by atoms with van der Waals surface area (Å²) in [5, 5.41) is 19.9. The summed E-state index contributed by atoms with van der Waals surface area (Å²) in [4.78, 5) is 11.5. The van der Waals surface area contributed by atoms with Crippen molar-refractivity contribution < 1.29 is 14.4 Å². The molecule has 1 saturated carbocycles. The summed E-state index contributed by atoms with van der Waals surface area (Å²) in [5.41, 5.74) is -0.142. The zero-order valence-corrected chi connectivity index (χ0v) is 13.8. The van der Waals surface area contributed by atoms with Gasteiger partial charge in [-0.15, -0.1) is 5.10 Å². The normalized spacial score (nSPS) is 21.9. The lowest BCUT2D eigenvalue weighted by molar-refractivity contribution is -0.630. The number of rotatable bonds is 3. The lowest BCUT2D eigenvalue weighted by atomic mass is 9.93. The number of aromatic nitrogens is 3. The van der Waals surface area contributed by atoms with Gasteiger partial charge in [0.25, 0.3) is 0 Å². The maximum Gasteiger partial charge on any atom is 0.361 e. The standard InChI is InChI=1S/C17H20N4O4/c22-21(23)16(12-24-17(25-13-16)9-5-2-6-10-17)20-11-15(18-19-20)14-7-3-1-4-8-14/h1,3-4,7-8,11H,2,5-6,9-10,12-13H2. The van der Waals surface area contributed by atoms with Crippen LogP contribution in [0.5, 0.6) is 0 Å². The minimum Gasteiger partial charge on any atom is -0.340 e. The third kappa shape index (κ3) is 2.81. The van der Waals surface area contributed by atoms with Gasteiger partial charge in [0.1, 0.15) is 18.9 Å². The van der Waals surface area contributed by atoms with Crippen molar-refractivity contribution in [3.05, 3.63) is 46.6 Å². The van der Waals surface area contributed by atoms with E-state index in [-0.39, 0.29) is 18.1 Å². The predicted molar refractivity (Wildman–Crippen MR) is 88.1 cm³/mol. The highest BCUT2D eigenvalue weighted by Crippen LogP contribution is 2.39. The van der Waals surface area contributed by atoms with Crippen LogP contribution in [0.15, 0.2) is 36.5 Å². The Bertz CT molecular complexity index is 745.